The Hall–Kier alpha value is -6.03. The fraction of sp³-hybridized carbons (Fsp3) is 0.273. The van der Waals surface area contributed by atoms with Gasteiger partial charge in [0.05, 0.1) is 17.1 Å². The highest BCUT2D eigenvalue weighted by Crippen LogP contribution is 2.35. The third-order valence-corrected chi connectivity index (χ3v) is 9.40. The molecule has 2 aliphatic rings. The van der Waals surface area contributed by atoms with Crippen molar-refractivity contribution in [1.29, 1.82) is 0 Å². The zero-order chi connectivity index (χ0) is 37.7. The van der Waals surface area contributed by atoms with Gasteiger partial charge in [0, 0.05) is 54.5 Å². The molecule has 4 aromatic carbocycles. The lowest BCUT2D eigenvalue weighted by atomic mass is 10.00. The van der Waals surface area contributed by atoms with Gasteiger partial charge in [-0.05, 0) is 99.2 Å². The van der Waals surface area contributed by atoms with E-state index in [0.717, 1.165) is 63.7 Å². The minimum Gasteiger partial charge on any atom is -0.457 e. The summed E-state index contributed by atoms with van der Waals surface area (Å²) in [5.41, 5.74) is 8.47. The van der Waals surface area contributed by atoms with Crippen molar-refractivity contribution in [3.8, 4) is 33.9 Å². The van der Waals surface area contributed by atoms with E-state index in [1.165, 1.54) is 36.7 Å². The third kappa shape index (κ3) is 8.94. The molecule has 1 fully saturated rings. The number of nitrogens with one attached hydrogen (secondary N) is 2. The predicted molar refractivity (Wildman–Crippen MR) is 210 cm³/mol. The van der Waals surface area contributed by atoms with Crippen LogP contribution in [0.5, 0.6) is 0 Å². The van der Waals surface area contributed by atoms with Crippen LogP contribution in [-0.2, 0) is 25.6 Å². The standard InChI is InChI=1S/C44H44FN5O4/c1-44(2,3)53-43(52)38-28-37(49-54-38)31-13-15-33(16-14-31)41-40(47-42(48-41)34-17-21-36(22-18-34)50-26-4-5-27-50)32-11-6-29(7-12-32)10-23-39(51)46-25-24-30-8-19-35(45)20-9-30/h6-23,38H,4-5,24-28H2,1-3H3,(H,46,51)(H,47,48)/b23-10+. The SMILES string of the molecule is CC(C)(C)OC(=O)C1CC(c2ccc(-c3nc(-c4ccc(N5CCCC5)cc4)[nH]c3-c3ccc(/C=C/C(=O)NCCc4ccc(F)cc4)cc3)cc2)=NO1. The Morgan fingerprint density at radius 3 is 2.22 bits per heavy atom. The number of oxime groups is 1. The minimum atomic E-state index is -0.767. The number of amides is 1. The van der Waals surface area contributed by atoms with Crippen LogP contribution in [0.3, 0.4) is 0 Å². The number of rotatable bonds is 11. The molecule has 1 unspecified atom stereocenters. The van der Waals surface area contributed by atoms with Crippen molar-refractivity contribution >= 4 is 29.4 Å². The van der Waals surface area contributed by atoms with E-state index in [1.54, 1.807) is 18.2 Å². The van der Waals surface area contributed by atoms with Gasteiger partial charge in [-0.1, -0.05) is 65.8 Å². The lowest BCUT2D eigenvalue weighted by Gasteiger charge is -2.20. The zero-order valence-electron chi connectivity index (χ0n) is 30.8. The van der Waals surface area contributed by atoms with E-state index >= 15 is 0 Å². The number of aromatic amines is 1. The molecule has 3 heterocycles. The number of hydrogen-bond acceptors (Lipinski definition) is 7. The van der Waals surface area contributed by atoms with Crippen molar-refractivity contribution in [2.75, 3.05) is 24.5 Å². The van der Waals surface area contributed by atoms with Crippen LogP contribution in [0.4, 0.5) is 10.1 Å². The molecule has 2 aliphatic heterocycles. The summed E-state index contributed by atoms with van der Waals surface area (Å²) in [6.45, 7) is 8.10. The molecule has 1 saturated heterocycles. The maximum atomic E-state index is 13.2. The molecule has 0 spiro atoms. The van der Waals surface area contributed by atoms with Crippen LogP contribution in [0, 0.1) is 5.82 Å². The van der Waals surface area contributed by atoms with Gasteiger partial charge in [-0.2, -0.15) is 0 Å². The molecule has 0 radical (unpaired) electrons. The number of halogens is 1. The van der Waals surface area contributed by atoms with E-state index < -0.39 is 17.7 Å². The van der Waals surface area contributed by atoms with Crippen LogP contribution < -0.4 is 10.2 Å². The number of carbonyl (C=O) groups excluding carboxylic acids is 2. The van der Waals surface area contributed by atoms with Gasteiger partial charge in [0.1, 0.15) is 17.2 Å². The molecule has 9 nitrogen and oxygen atoms in total. The molecule has 1 atom stereocenters. The first-order valence-corrected chi connectivity index (χ1v) is 18.4. The van der Waals surface area contributed by atoms with Crippen molar-refractivity contribution in [3.05, 3.63) is 126 Å². The number of benzene rings is 4. The Morgan fingerprint density at radius 2 is 1.54 bits per heavy atom. The van der Waals surface area contributed by atoms with Crippen LogP contribution in [0.1, 0.15) is 56.7 Å². The van der Waals surface area contributed by atoms with E-state index in [4.69, 9.17) is 14.6 Å². The zero-order valence-corrected chi connectivity index (χ0v) is 30.8. The number of anilines is 1. The highest BCUT2D eigenvalue weighted by molar-refractivity contribution is 6.04. The topological polar surface area (TPSA) is 109 Å². The smallest absolute Gasteiger partial charge is 0.351 e. The number of hydrogen-bond donors (Lipinski definition) is 2. The largest absolute Gasteiger partial charge is 0.457 e. The third-order valence-electron chi connectivity index (χ3n) is 9.40. The van der Waals surface area contributed by atoms with Gasteiger partial charge in [0.15, 0.2) is 0 Å². The number of aromatic nitrogens is 2. The second kappa shape index (κ2) is 15.9. The summed E-state index contributed by atoms with van der Waals surface area (Å²) in [6.07, 6.45) is 5.91. The van der Waals surface area contributed by atoms with Gasteiger partial charge >= 0.3 is 5.97 Å². The van der Waals surface area contributed by atoms with Crippen molar-refractivity contribution in [1.82, 2.24) is 15.3 Å². The molecule has 10 heteroatoms. The lowest BCUT2D eigenvalue weighted by Crippen LogP contribution is -2.32. The van der Waals surface area contributed by atoms with Crippen molar-refractivity contribution in [2.24, 2.45) is 5.16 Å². The molecule has 5 aromatic rings. The number of ether oxygens (including phenoxy) is 1. The van der Waals surface area contributed by atoms with E-state index in [1.807, 2.05) is 69.3 Å². The first-order chi connectivity index (χ1) is 26.1. The normalized spacial score (nSPS) is 15.7. The summed E-state index contributed by atoms with van der Waals surface area (Å²) in [4.78, 5) is 41.6. The van der Waals surface area contributed by atoms with Gasteiger partial charge in [-0.25, -0.2) is 14.2 Å². The summed E-state index contributed by atoms with van der Waals surface area (Å²) in [7, 11) is 0. The number of carbonyl (C=O) groups is 2. The van der Waals surface area contributed by atoms with Gasteiger partial charge in [-0.15, -0.1) is 0 Å². The quantitative estimate of drug-likeness (QED) is 0.105. The van der Waals surface area contributed by atoms with Crippen LogP contribution >= 0.6 is 0 Å². The van der Waals surface area contributed by atoms with Crippen molar-refractivity contribution in [2.45, 2.75) is 58.2 Å². The Bertz CT molecular complexity index is 2140. The summed E-state index contributed by atoms with van der Waals surface area (Å²) in [6, 6.07) is 30.7. The molecule has 1 amide bonds. The Balaban J connectivity index is 1.09. The molecule has 7 rings (SSSR count). The van der Waals surface area contributed by atoms with E-state index in [2.05, 4.69) is 44.6 Å². The van der Waals surface area contributed by atoms with Crippen molar-refractivity contribution in [3.63, 3.8) is 0 Å². The molecular weight excluding hydrogens is 682 g/mol. The van der Waals surface area contributed by atoms with Crippen LogP contribution in [0.2, 0.25) is 0 Å². The van der Waals surface area contributed by atoms with E-state index in [9.17, 15) is 14.0 Å². The fourth-order valence-electron chi connectivity index (χ4n) is 6.57. The van der Waals surface area contributed by atoms with Crippen LogP contribution in [-0.4, -0.2) is 58.9 Å². The lowest BCUT2D eigenvalue weighted by molar-refractivity contribution is -0.166. The highest BCUT2D eigenvalue weighted by atomic mass is 19.1. The predicted octanol–water partition coefficient (Wildman–Crippen LogP) is 8.36. The summed E-state index contributed by atoms with van der Waals surface area (Å²) >= 11 is 0. The second-order valence-electron chi connectivity index (χ2n) is 14.6. The first kappa shape index (κ1) is 36.3. The monoisotopic (exact) mass is 725 g/mol. The van der Waals surface area contributed by atoms with Crippen molar-refractivity contribution < 1.29 is 23.6 Å². The minimum absolute atomic E-state index is 0.198. The van der Waals surface area contributed by atoms with Crippen LogP contribution in [0.25, 0.3) is 40.0 Å². The van der Waals surface area contributed by atoms with E-state index in [-0.39, 0.29) is 11.7 Å². The molecule has 2 N–H and O–H groups in total. The summed E-state index contributed by atoms with van der Waals surface area (Å²) in [5.74, 6) is -0.146. The molecular formula is C44H44FN5O4. The maximum Gasteiger partial charge on any atom is 0.351 e. The number of H-pyrrole nitrogens is 1. The number of nitrogens with zero attached hydrogens (tertiary/aromatic N) is 3. The molecule has 54 heavy (non-hydrogen) atoms. The summed E-state index contributed by atoms with van der Waals surface area (Å²) < 4.78 is 18.7. The summed E-state index contributed by atoms with van der Waals surface area (Å²) in [5, 5.41) is 7.08. The molecule has 276 valence electrons. The fourth-order valence-corrected chi connectivity index (χ4v) is 6.57. The van der Waals surface area contributed by atoms with Gasteiger partial charge in [0.2, 0.25) is 12.0 Å². The second-order valence-corrected chi connectivity index (χ2v) is 14.6. The Labute approximate surface area is 314 Å². The van der Waals surface area contributed by atoms with Crippen LogP contribution in [0.15, 0.2) is 108 Å². The maximum absolute atomic E-state index is 13.2. The van der Waals surface area contributed by atoms with Gasteiger partial charge in [-0.3, -0.25) is 4.79 Å². The highest BCUT2D eigenvalue weighted by Gasteiger charge is 2.33. The average molecular weight is 726 g/mol. The first-order valence-electron chi connectivity index (χ1n) is 18.4. The number of esters is 1. The van der Waals surface area contributed by atoms with E-state index in [0.29, 0.717) is 25.1 Å². The molecule has 1 aromatic heterocycles. The van der Waals surface area contributed by atoms with Gasteiger partial charge in [0.25, 0.3) is 0 Å². The Kier molecular flexibility index (Phi) is 10.7. The Morgan fingerprint density at radius 1 is 0.889 bits per heavy atom. The molecule has 0 saturated carbocycles. The molecule has 0 aliphatic carbocycles. The van der Waals surface area contributed by atoms with Gasteiger partial charge < -0.3 is 24.8 Å². The number of imidazole rings is 1. The molecule has 0 bridgehead atoms. The average Bonchev–Trinajstić information content (AvgIpc) is 3.97.